The highest BCUT2D eigenvalue weighted by Crippen LogP contribution is 2.26. The van der Waals surface area contributed by atoms with Crippen LogP contribution in [-0.2, 0) is 9.84 Å². The summed E-state index contributed by atoms with van der Waals surface area (Å²) in [6, 6.07) is 7.00. The molecule has 3 nitrogen and oxygen atoms in total. The fourth-order valence-corrected chi connectivity index (χ4v) is 4.18. The topological polar surface area (TPSA) is 46.2 Å². The Bertz CT molecular complexity index is 844. The van der Waals surface area contributed by atoms with Gasteiger partial charge in [0, 0.05) is 29.2 Å². The fourth-order valence-electron chi connectivity index (χ4n) is 2.20. The van der Waals surface area contributed by atoms with Crippen LogP contribution in [0.5, 0.6) is 0 Å². The molecule has 0 bridgehead atoms. The summed E-state index contributed by atoms with van der Waals surface area (Å²) in [5.41, 5.74) is 0.259. The van der Waals surface area contributed by atoms with Crippen LogP contribution in [0, 0.1) is 11.6 Å². The summed E-state index contributed by atoms with van der Waals surface area (Å²) in [5, 5.41) is 3.27. The quantitative estimate of drug-likeness (QED) is 0.790. The molecule has 2 aromatic carbocycles. The highest BCUT2D eigenvalue weighted by Gasteiger charge is 2.19. The number of hydrogen-bond donors (Lipinski definition) is 1. The molecule has 2 rings (SSSR count). The summed E-state index contributed by atoms with van der Waals surface area (Å²) in [6.45, 7) is 1.73. The lowest BCUT2D eigenvalue weighted by Crippen LogP contribution is -2.26. The molecule has 0 aliphatic carbocycles. The van der Waals surface area contributed by atoms with Crippen LogP contribution in [0.3, 0.4) is 0 Å². The molecule has 0 fully saturated rings. The molecule has 130 valence electrons. The molecule has 0 saturated heterocycles. The number of nitrogens with one attached hydrogen (secondary N) is 1. The van der Waals surface area contributed by atoms with Crippen molar-refractivity contribution in [3.05, 3.63) is 63.6 Å². The normalized spacial score (nSPS) is 13.0. The van der Waals surface area contributed by atoms with Crippen LogP contribution in [-0.4, -0.2) is 20.7 Å². The number of hydrogen-bond acceptors (Lipinski definition) is 3. The first kappa shape index (κ1) is 19.1. The summed E-state index contributed by atoms with van der Waals surface area (Å²) >= 11 is 11.7. The Hall–Kier alpha value is -1.21. The maximum Gasteiger partial charge on any atom is 0.181 e. The van der Waals surface area contributed by atoms with Crippen LogP contribution in [0.1, 0.15) is 18.5 Å². The third-order valence-corrected chi connectivity index (χ3v) is 5.90. The summed E-state index contributed by atoms with van der Waals surface area (Å²) < 4.78 is 51.3. The molecule has 0 aliphatic rings. The molecule has 24 heavy (non-hydrogen) atoms. The van der Waals surface area contributed by atoms with Gasteiger partial charge in [-0.1, -0.05) is 29.3 Å². The minimum atomic E-state index is -3.64. The zero-order valence-corrected chi connectivity index (χ0v) is 15.0. The van der Waals surface area contributed by atoms with Gasteiger partial charge in [0.05, 0.1) is 15.7 Å². The van der Waals surface area contributed by atoms with Crippen molar-refractivity contribution < 1.29 is 17.2 Å². The van der Waals surface area contributed by atoms with Gasteiger partial charge in [0.1, 0.15) is 11.6 Å². The van der Waals surface area contributed by atoms with Gasteiger partial charge in [-0.3, -0.25) is 0 Å². The van der Waals surface area contributed by atoms with E-state index in [1.807, 2.05) is 0 Å². The van der Waals surface area contributed by atoms with Crippen molar-refractivity contribution in [1.82, 2.24) is 5.32 Å². The second-order valence-electron chi connectivity index (χ2n) is 5.24. The minimum absolute atomic E-state index is 0.0425. The van der Waals surface area contributed by atoms with Crippen LogP contribution >= 0.6 is 23.2 Å². The van der Waals surface area contributed by atoms with E-state index >= 15 is 0 Å². The number of benzene rings is 2. The highest BCUT2D eigenvalue weighted by molar-refractivity contribution is 7.91. The van der Waals surface area contributed by atoms with E-state index < -0.39 is 27.5 Å². The first-order chi connectivity index (χ1) is 11.2. The molecule has 0 aliphatic heterocycles. The first-order valence-electron chi connectivity index (χ1n) is 7.07. The third-order valence-electron chi connectivity index (χ3n) is 3.48. The number of sulfone groups is 1. The van der Waals surface area contributed by atoms with Crippen LogP contribution in [0.25, 0.3) is 0 Å². The Kier molecular flexibility index (Phi) is 6.20. The predicted molar refractivity (Wildman–Crippen MR) is 91.3 cm³/mol. The molecule has 1 atom stereocenters. The molecular formula is C16H15Cl2F2NO2S. The Morgan fingerprint density at radius 2 is 1.83 bits per heavy atom. The van der Waals surface area contributed by atoms with Gasteiger partial charge < -0.3 is 5.32 Å². The van der Waals surface area contributed by atoms with E-state index in [9.17, 15) is 17.2 Å². The van der Waals surface area contributed by atoms with Gasteiger partial charge in [-0.15, -0.1) is 0 Å². The van der Waals surface area contributed by atoms with Crippen LogP contribution < -0.4 is 5.32 Å². The fraction of sp³-hybridized carbons (Fsp3) is 0.250. The van der Waals surface area contributed by atoms with E-state index in [-0.39, 0.29) is 32.8 Å². The van der Waals surface area contributed by atoms with Gasteiger partial charge in [-0.2, -0.15) is 0 Å². The van der Waals surface area contributed by atoms with Crippen molar-refractivity contribution in [2.45, 2.75) is 17.9 Å². The lowest BCUT2D eigenvalue weighted by atomic mass is 10.1. The molecular weight excluding hydrogens is 379 g/mol. The smallest absolute Gasteiger partial charge is 0.181 e. The van der Waals surface area contributed by atoms with E-state index in [0.29, 0.717) is 0 Å². The van der Waals surface area contributed by atoms with Crippen molar-refractivity contribution in [3.63, 3.8) is 0 Å². The van der Waals surface area contributed by atoms with E-state index in [0.717, 1.165) is 12.1 Å². The van der Waals surface area contributed by atoms with Gasteiger partial charge in [-0.05, 0) is 31.2 Å². The zero-order valence-electron chi connectivity index (χ0n) is 12.7. The molecule has 1 N–H and O–H groups in total. The van der Waals surface area contributed by atoms with Gasteiger partial charge in [0.2, 0.25) is 0 Å². The second kappa shape index (κ2) is 7.78. The monoisotopic (exact) mass is 393 g/mol. The lowest BCUT2D eigenvalue weighted by Gasteiger charge is -2.15. The Morgan fingerprint density at radius 3 is 2.50 bits per heavy atom. The Balaban J connectivity index is 2.03. The van der Waals surface area contributed by atoms with E-state index in [1.165, 1.54) is 24.3 Å². The summed E-state index contributed by atoms with van der Waals surface area (Å²) in [5.74, 6) is -1.59. The molecule has 2 aromatic rings. The lowest BCUT2D eigenvalue weighted by molar-refractivity contribution is 0.525. The Labute approximate surface area is 149 Å². The van der Waals surface area contributed by atoms with Gasteiger partial charge >= 0.3 is 0 Å². The zero-order chi connectivity index (χ0) is 17.9. The minimum Gasteiger partial charge on any atom is -0.309 e. The maximum atomic E-state index is 13.7. The average molecular weight is 394 g/mol. The maximum absolute atomic E-state index is 13.7. The van der Waals surface area contributed by atoms with Crippen LogP contribution in [0.15, 0.2) is 41.3 Å². The van der Waals surface area contributed by atoms with Crippen molar-refractivity contribution in [2.75, 3.05) is 12.3 Å². The number of rotatable bonds is 6. The highest BCUT2D eigenvalue weighted by atomic mass is 35.5. The SMILES string of the molecule is C[C@H](NCCS(=O)(=O)c1cc(Cl)ccc1Cl)c1ccc(F)cc1F. The standard InChI is InChI=1S/C16H15Cl2F2NO2S/c1-10(13-4-3-12(19)9-15(13)20)21-6-7-24(22,23)16-8-11(17)2-5-14(16)18/h2-5,8-10,21H,6-7H2,1H3/t10-/m0/s1. The molecule has 8 heteroatoms. The van der Waals surface area contributed by atoms with E-state index in [4.69, 9.17) is 23.2 Å². The van der Waals surface area contributed by atoms with Crippen LogP contribution in [0.2, 0.25) is 10.0 Å². The molecule has 0 amide bonds. The van der Waals surface area contributed by atoms with Crippen molar-refractivity contribution in [1.29, 1.82) is 0 Å². The van der Waals surface area contributed by atoms with Gasteiger partial charge in [-0.25, -0.2) is 17.2 Å². The average Bonchev–Trinajstić information content (AvgIpc) is 2.49. The second-order valence-corrected chi connectivity index (χ2v) is 8.16. The first-order valence-corrected chi connectivity index (χ1v) is 9.47. The van der Waals surface area contributed by atoms with E-state index in [1.54, 1.807) is 6.92 Å². The summed E-state index contributed by atoms with van der Waals surface area (Å²) in [4.78, 5) is -0.0425. The molecule has 0 saturated carbocycles. The van der Waals surface area contributed by atoms with Crippen molar-refractivity contribution in [2.24, 2.45) is 0 Å². The van der Waals surface area contributed by atoms with Crippen molar-refractivity contribution in [3.8, 4) is 0 Å². The molecule has 0 radical (unpaired) electrons. The molecule has 0 unspecified atom stereocenters. The summed E-state index contributed by atoms with van der Waals surface area (Å²) in [6.07, 6.45) is 0. The molecule has 0 aromatic heterocycles. The van der Waals surface area contributed by atoms with Gasteiger partial charge in [0.25, 0.3) is 0 Å². The van der Waals surface area contributed by atoms with Crippen molar-refractivity contribution >= 4 is 33.0 Å². The predicted octanol–water partition coefficient (Wildman–Crippen LogP) is 4.40. The largest absolute Gasteiger partial charge is 0.309 e. The molecule has 0 spiro atoms. The molecule has 0 heterocycles. The Morgan fingerprint density at radius 1 is 1.12 bits per heavy atom. The van der Waals surface area contributed by atoms with E-state index in [2.05, 4.69) is 5.32 Å². The van der Waals surface area contributed by atoms with Gasteiger partial charge in [0.15, 0.2) is 9.84 Å². The summed E-state index contributed by atoms with van der Waals surface area (Å²) in [7, 11) is -3.64. The third kappa shape index (κ3) is 4.66. The van der Waals surface area contributed by atoms with Crippen LogP contribution in [0.4, 0.5) is 8.78 Å². The number of halogens is 4.